The molecule has 52 valence electrons. The highest BCUT2D eigenvalue weighted by Gasteiger charge is 2.09. The average Bonchev–Trinajstić information content (AvgIpc) is 2.34. The maximum absolute atomic E-state index is 4.38. The molecule has 0 aliphatic carbocycles. The molecule has 2 heteroatoms. The molecule has 0 radical (unpaired) electrons. The van der Waals surface area contributed by atoms with E-state index in [0.717, 1.165) is 19.5 Å². The van der Waals surface area contributed by atoms with Crippen molar-refractivity contribution in [3.8, 4) is 0 Å². The third-order valence-corrected chi connectivity index (χ3v) is 1.71. The van der Waals surface area contributed by atoms with E-state index in [0.29, 0.717) is 0 Å². The van der Waals surface area contributed by atoms with Gasteiger partial charge in [0.15, 0.2) is 0 Å². The second kappa shape index (κ2) is 2.85. The van der Waals surface area contributed by atoms with Crippen LogP contribution in [0.1, 0.15) is 26.7 Å². The zero-order valence-electron chi connectivity index (χ0n) is 6.22. The molecule has 2 nitrogen and oxygen atoms in total. The molecule has 9 heavy (non-hydrogen) atoms. The van der Waals surface area contributed by atoms with Gasteiger partial charge in [-0.15, -0.1) is 0 Å². The summed E-state index contributed by atoms with van der Waals surface area (Å²) in [6.07, 6.45) is 2.31. The number of rotatable bonds is 2. The Morgan fingerprint density at radius 2 is 2.33 bits per heavy atom. The van der Waals surface area contributed by atoms with Crippen LogP contribution in [-0.2, 0) is 0 Å². The van der Waals surface area contributed by atoms with Gasteiger partial charge in [-0.3, -0.25) is 5.01 Å². The van der Waals surface area contributed by atoms with Gasteiger partial charge in [0.1, 0.15) is 0 Å². The monoisotopic (exact) mass is 126 g/mol. The molecule has 1 rings (SSSR count). The molecule has 0 saturated heterocycles. The molecule has 0 N–H and O–H groups in total. The minimum Gasteiger partial charge on any atom is -0.297 e. The molecule has 0 bridgehead atoms. The lowest BCUT2D eigenvalue weighted by Gasteiger charge is -2.07. The summed E-state index contributed by atoms with van der Waals surface area (Å²) in [5, 5.41) is 6.50. The Labute approximate surface area is 56.5 Å². The van der Waals surface area contributed by atoms with Gasteiger partial charge in [0.25, 0.3) is 0 Å². The first-order chi connectivity index (χ1) is 4.36. The van der Waals surface area contributed by atoms with Gasteiger partial charge in [-0.25, -0.2) is 0 Å². The molecule has 1 aliphatic rings. The smallest absolute Gasteiger partial charge is 0.0413 e. The van der Waals surface area contributed by atoms with Gasteiger partial charge in [-0.2, -0.15) is 5.10 Å². The number of hydrazone groups is 1. The van der Waals surface area contributed by atoms with E-state index in [1.807, 2.05) is 0 Å². The first kappa shape index (κ1) is 6.59. The van der Waals surface area contributed by atoms with E-state index in [1.54, 1.807) is 0 Å². The molecule has 0 amide bonds. The lowest BCUT2D eigenvalue weighted by Crippen LogP contribution is -2.11. The summed E-state index contributed by atoms with van der Waals surface area (Å²) in [6, 6.07) is 0. The Bertz CT molecular complexity index is 118. The number of nitrogens with zero attached hydrogens (tertiary/aromatic N) is 2. The van der Waals surface area contributed by atoms with E-state index in [1.165, 1.54) is 12.1 Å². The van der Waals surface area contributed by atoms with Crippen molar-refractivity contribution in [1.29, 1.82) is 0 Å². The highest BCUT2D eigenvalue weighted by atomic mass is 15.5. The Kier molecular flexibility index (Phi) is 2.09. The summed E-state index contributed by atoms with van der Waals surface area (Å²) >= 11 is 0. The number of hydrogen-bond acceptors (Lipinski definition) is 2. The van der Waals surface area contributed by atoms with Crippen LogP contribution in [0.15, 0.2) is 5.10 Å². The van der Waals surface area contributed by atoms with Gasteiger partial charge >= 0.3 is 0 Å². The lowest BCUT2D eigenvalue weighted by molar-refractivity contribution is 0.336. The van der Waals surface area contributed by atoms with Gasteiger partial charge in [-0.05, 0) is 13.3 Å². The van der Waals surface area contributed by atoms with Crippen LogP contribution in [0.3, 0.4) is 0 Å². The SMILES string of the molecule is CCC1=NN(CC)CC1. The Hall–Kier alpha value is -0.530. The molecule has 0 spiro atoms. The first-order valence-corrected chi connectivity index (χ1v) is 3.68. The Balaban J connectivity index is 2.40. The third kappa shape index (κ3) is 1.44. The van der Waals surface area contributed by atoms with Gasteiger partial charge in [0.2, 0.25) is 0 Å². The summed E-state index contributed by atoms with van der Waals surface area (Å²) in [4.78, 5) is 0. The van der Waals surface area contributed by atoms with Gasteiger partial charge in [-0.1, -0.05) is 6.92 Å². The second-order valence-corrected chi connectivity index (χ2v) is 2.32. The summed E-state index contributed by atoms with van der Waals surface area (Å²) in [5.74, 6) is 0. The van der Waals surface area contributed by atoms with Gasteiger partial charge in [0, 0.05) is 25.2 Å². The maximum atomic E-state index is 4.38. The number of hydrogen-bond donors (Lipinski definition) is 0. The van der Waals surface area contributed by atoms with Crippen molar-refractivity contribution in [3.63, 3.8) is 0 Å². The molecule has 0 aromatic heterocycles. The topological polar surface area (TPSA) is 15.6 Å². The Morgan fingerprint density at radius 3 is 2.67 bits per heavy atom. The molecule has 0 unspecified atom stereocenters. The van der Waals surface area contributed by atoms with Crippen molar-refractivity contribution in [2.45, 2.75) is 26.7 Å². The van der Waals surface area contributed by atoms with Crippen LogP contribution >= 0.6 is 0 Å². The minimum atomic E-state index is 1.06. The molecule has 0 atom stereocenters. The summed E-state index contributed by atoms with van der Waals surface area (Å²) < 4.78 is 0. The van der Waals surface area contributed by atoms with E-state index in [4.69, 9.17) is 0 Å². The van der Waals surface area contributed by atoms with E-state index >= 15 is 0 Å². The van der Waals surface area contributed by atoms with Crippen LogP contribution in [-0.4, -0.2) is 23.8 Å². The van der Waals surface area contributed by atoms with Crippen molar-refractivity contribution in [2.24, 2.45) is 5.10 Å². The molecular formula is C7H14N2. The second-order valence-electron chi connectivity index (χ2n) is 2.32. The van der Waals surface area contributed by atoms with Crippen LogP contribution in [0.5, 0.6) is 0 Å². The summed E-state index contributed by atoms with van der Waals surface area (Å²) in [5.41, 5.74) is 1.36. The molecule has 0 saturated carbocycles. The van der Waals surface area contributed by atoms with Crippen molar-refractivity contribution in [3.05, 3.63) is 0 Å². The van der Waals surface area contributed by atoms with Crippen LogP contribution < -0.4 is 0 Å². The minimum absolute atomic E-state index is 1.06. The van der Waals surface area contributed by atoms with Crippen molar-refractivity contribution >= 4 is 5.71 Å². The largest absolute Gasteiger partial charge is 0.297 e. The summed E-state index contributed by atoms with van der Waals surface area (Å²) in [7, 11) is 0. The van der Waals surface area contributed by atoms with Crippen LogP contribution in [0, 0.1) is 0 Å². The third-order valence-electron chi connectivity index (χ3n) is 1.71. The van der Waals surface area contributed by atoms with E-state index in [2.05, 4.69) is 24.0 Å². The quantitative estimate of drug-likeness (QED) is 0.547. The molecule has 0 aromatic carbocycles. The molecular weight excluding hydrogens is 112 g/mol. The van der Waals surface area contributed by atoms with Crippen molar-refractivity contribution in [1.82, 2.24) is 5.01 Å². The fraction of sp³-hybridized carbons (Fsp3) is 0.857. The Morgan fingerprint density at radius 1 is 1.56 bits per heavy atom. The first-order valence-electron chi connectivity index (χ1n) is 3.68. The van der Waals surface area contributed by atoms with Crippen molar-refractivity contribution < 1.29 is 0 Å². The van der Waals surface area contributed by atoms with Crippen LogP contribution in [0.4, 0.5) is 0 Å². The van der Waals surface area contributed by atoms with E-state index in [9.17, 15) is 0 Å². The average molecular weight is 126 g/mol. The van der Waals surface area contributed by atoms with Gasteiger partial charge in [0.05, 0.1) is 0 Å². The predicted octanol–water partition coefficient (Wildman–Crippen LogP) is 1.48. The highest BCUT2D eigenvalue weighted by molar-refractivity contribution is 5.85. The van der Waals surface area contributed by atoms with E-state index < -0.39 is 0 Å². The summed E-state index contributed by atoms with van der Waals surface area (Å²) in [6.45, 7) is 6.50. The molecule has 1 heterocycles. The zero-order valence-corrected chi connectivity index (χ0v) is 6.22. The van der Waals surface area contributed by atoms with Crippen molar-refractivity contribution in [2.75, 3.05) is 13.1 Å². The maximum Gasteiger partial charge on any atom is 0.0413 e. The normalized spacial score (nSPS) is 18.4. The van der Waals surface area contributed by atoms with Crippen LogP contribution in [0.25, 0.3) is 0 Å². The molecule has 0 aromatic rings. The van der Waals surface area contributed by atoms with Crippen LogP contribution in [0.2, 0.25) is 0 Å². The fourth-order valence-electron chi connectivity index (χ4n) is 1.03. The van der Waals surface area contributed by atoms with Gasteiger partial charge < -0.3 is 0 Å². The predicted molar refractivity (Wildman–Crippen MR) is 39.6 cm³/mol. The zero-order chi connectivity index (χ0) is 6.69. The van der Waals surface area contributed by atoms with E-state index in [-0.39, 0.29) is 0 Å². The molecule has 0 fully saturated rings. The molecule has 1 aliphatic heterocycles. The fourth-order valence-corrected chi connectivity index (χ4v) is 1.03. The standard InChI is InChI=1S/C7H14N2/c1-3-7-5-6-9(4-2)8-7/h3-6H2,1-2H3. The highest BCUT2D eigenvalue weighted by Crippen LogP contribution is 2.06. The lowest BCUT2D eigenvalue weighted by atomic mass is 10.2.